The van der Waals surface area contributed by atoms with Gasteiger partial charge in [0.1, 0.15) is 0 Å². The van der Waals surface area contributed by atoms with Gasteiger partial charge in [0, 0.05) is 10.9 Å². The first-order valence-electron chi connectivity index (χ1n) is 13.0. The van der Waals surface area contributed by atoms with E-state index < -0.39 is 5.97 Å². The number of anilines is 1. The lowest BCUT2D eigenvalue weighted by Gasteiger charge is -2.19. The first-order valence-corrected chi connectivity index (χ1v) is 13.9. The van der Waals surface area contributed by atoms with E-state index in [-0.39, 0.29) is 36.0 Å². The third kappa shape index (κ3) is 4.65. The van der Waals surface area contributed by atoms with Crippen molar-refractivity contribution >= 4 is 51.5 Å². The molecule has 6 rings (SSSR count). The molecule has 0 spiro atoms. The first-order chi connectivity index (χ1) is 18.9. The summed E-state index contributed by atoms with van der Waals surface area (Å²) in [5, 5.41) is 2.44. The standard InChI is InChI=1S/C31H26N2O5S/c1-18-8-13-25-23(15-18)24(31(37)38-17-27(34)28-7-4-14-39-28)16-26(32-25)19-9-11-20(12-10-19)33-29(35)21-5-2-3-6-22(21)30(33)36/h4,7-16,21-22H,2-3,5-6,17H2,1H3/t21-,22+. The van der Waals surface area contributed by atoms with Crippen LogP contribution >= 0.6 is 11.3 Å². The number of thiophene rings is 1. The number of benzene rings is 2. The zero-order chi connectivity index (χ0) is 27.1. The lowest BCUT2D eigenvalue weighted by molar-refractivity contribution is -0.122. The monoisotopic (exact) mass is 538 g/mol. The largest absolute Gasteiger partial charge is 0.454 e. The Morgan fingerprint density at radius 1 is 0.974 bits per heavy atom. The molecule has 1 saturated carbocycles. The molecule has 0 radical (unpaired) electrons. The molecule has 3 heterocycles. The number of esters is 1. The second-order valence-corrected chi connectivity index (χ2v) is 11.1. The number of carbonyl (C=O) groups excluding carboxylic acids is 4. The molecule has 1 aliphatic carbocycles. The second kappa shape index (κ2) is 10.2. The number of rotatable bonds is 6. The molecule has 8 heteroatoms. The molecule has 39 heavy (non-hydrogen) atoms. The van der Waals surface area contributed by atoms with Crippen molar-refractivity contribution in [3.8, 4) is 11.3 Å². The number of fused-ring (bicyclic) bond motifs is 2. The molecule has 0 unspecified atom stereocenters. The molecule has 0 N–H and O–H groups in total. The van der Waals surface area contributed by atoms with Crippen molar-refractivity contribution < 1.29 is 23.9 Å². The van der Waals surface area contributed by atoms with Crippen LogP contribution in [0.2, 0.25) is 0 Å². The van der Waals surface area contributed by atoms with E-state index in [1.54, 1.807) is 47.8 Å². The summed E-state index contributed by atoms with van der Waals surface area (Å²) in [6.07, 6.45) is 3.49. The molecule has 2 aliphatic rings. The number of amides is 2. The fourth-order valence-corrected chi connectivity index (χ4v) is 6.22. The van der Waals surface area contributed by atoms with Gasteiger partial charge >= 0.3 is 5.97 Å². The maximum Gasteiger partial charge on any atom is 0.339 e. The van der Waals surface area contributed by atoms with Gasteiger partial charge in [0.05, 0.1) is 39.2 Å². The first kappa shape index (κ1) is 25.1. The molecule has 1 aliphatic heterocycles. The molecule has 196 valence electrons. The van der Waals surface area contributed by atoms with E-state index in [1.807, 2.05) is 25.1 Å². The van der Waals surface area contributed by atoms with Crippen LogP contribution in [0.3, 0.4) is 0 Å². The number of hydrogen-bond donors (Lipinski definition) is 0. The zero-order valence-electron chi connectivity index (χ0n) is 21.4. The molecule has 2 aromatic carbocycles. The third-order valence-corrected chi connectivity index (χ3v) is 8.49. The van der Waals surface area contributed by atoms with Gasteiger partial charge in [-0.15, -0.1) is 11.3 Å². The van der Waals surface area contributed by atoms with Crippen molar-refractivity contribution in [1.29, 1.82) is 0 Å². The fourth-order valence-electron chi connectivity index (χ4n) is 5.57. The summed E-state index contributed by atoms with van der Waals surface area (Å²) in [6, 6.07) is 17.9. The van der Waals surface area contributed by atoms with E-state index in [1.165, 1.54) is 16.2 Å². The zero-order valence-corrected chi connectivity index (χ0v) is 22.2. The number of ketones is 1. The maximum absolute atomic E-state index is 13.2. The molecule has 2 fully saturated rings. The Balaban J connectivity index is 1.30. The highest BCUT2D eigenvalue weighted by atomic mass is 32.1. The summed E-state index contributed by atoms with van der Waals surface area (Å²) in [4.78, 5) is 58.2. The molecular formula is C31H26N2O5S. The van der Waals surface area contributed by atoms with Crippen LogP contribution in [0.15, 0.2) is 66.0 Å². The lowest BCUT2D eigenvalue weighted by Crippen LogP contribution is -2.30. The summed E-state index contributed by atoms with van der Waals surface area (Å²) in [6.45, 7) is 1.58. The summed E-state index contributed by atoms with van der Waals surface area (Å²) in [7, 11) is 0. The molecule has 2 amide bonds. The van der Waals surface area contributed by atoms with Crippen molar-refractivity contribution in [3.05, 3.63) is 82.0 Å². The minimum absolute atomic E-state index is 0.112. The van der Waals surface area contributed by atoms with Crippen molar-refractivity contribution in [1.82, 2.24) is 4.98 Å². The number of ether oxygens (including phenoxy) is 1. The van der Waals surface area contributed by atoms with Gasteiger partial charge in [-0.05, 0) is 61.5 Å². The number of pyridine rings is 1. The van der Waals surface area contributed by atoms with E-state index in [2.05, 4.69) is 0 Å². The Kier molecular flexibility index (Phi) is 6.56. The van der Waals surface area contributed by atoms with Gasteiger partial charge < -0.3 is 4.74 Å². The number of nitrogens with zero attached hydrogens (tertiary/aromatic N) is 2. The topological polar surface area (TPSA) is 93.6 Å². The lowest BCUT2D eigenvalue weighted by atomic mass is 9.81. The highest BCUT2D eigenvalue weighted by Crippen LogP contribution is 2.40. The quantitative estimate of drug-likeness (QED) is 0.170. The highest BCUT2D eigenvalue weighted by Gasteiger charge is 2.48. The Morgan fingerprint density at radius 3 is 2.36 bits per heavy atom. The number of imide groups is 1. The maximum atomic E-state index is 13.2. The van der Waals surface area contributed by atoms with Crippen LogP contribution in [0, 0.1) is 18.8 Å². The number of aromatic nitrogens is 1. The Morgan fingerprint density at radius 2 is 1.69 bits per heavy atom. The van der Waals surface area contributed by atoms with E-state index in [0.29, 0.717) is 32.7 Å². The van der Waals surface area contributed by atoms with Gasteiger partial charge in [-0.25, -0.2) is 9.78 Å². The van der Waals surface area contributed by atoms with Crippen LogP contribution in [0.5, 0.6) is 0 Å². The number of carbonyl (C=O) groups is 4. The van der Waals surface area contributed by atoms with Crippen molar-refractivity contribution in [2.75, 3.05) is 11.5 Å². The van der Waals surface area contributed by atoms with Crippen LogP contribution in [0.1, 0.15) is 51.3 Å². The molecule has 2 atom stereocenters. The fraction of sp³-hybridized carbons (Fsp3) is 0.258. The van der Waals surface area contributed by atoms with Crippen molar-refractivity contribution in [2.24, 2.45) is 11.8 Å². The SMILES string of the molecule is Cc1ccc2nc(-c3ccc(N4C(=O)[C@H]5CCCC[C@H]5C4=O)cc3)cc(C(=O)OCC(=O)c3cccs3)c2c1. The Labute approximate surface area is 229 Å². The smallest absolute Gasteiger partial charge is 0.339 e. The van der Waals surface area contributed by atoms with Gasteiger partial charge in [-0.3, -0.25) is 19.3 Å². The predicted molar refractivity (Wildman–Crippen MR) is 149 cm³/mol. The van der Waals surface area contributed by atoms with Gasteiger partial charge in [0.15, 0.2) is 6.61 Å². The molecule has 1 saturated heterocycles. The Bertz CT molecular complexity index is 1590. The van der Waals surface area contributed by atoms with Gasteiger partial charge in [-0.2, -0.15) is 0 Å². The molecule has 0 bridgehead atoms. The second-order valence-electron chi connectivity index (χ2n) is 10.1. The summed E-state index contributed by atoms with van der Waals surface area (Å²) in [5.41, 5.74) is 3.71. The molecule has 2 aromatic heterocycles. The van der Waals surface area contributed by atoms with Crippen LogP contribution in [0.25, 0.3) is 22.2 Å². The number of hydrogen-bond acceptors (Lipinski definition) is 7. The van der Waals surface area contributed by atoms with Gasteiger partial charge in [-0.1, -0.05) is 42.7 Å². The predicted octanol–water partition coefficient (Wildman–Crippen LogP) is 5.99. The average Bonchev–Trinajstić information content (AvgIpc) is 3.58. The van der Waals surface area contributed by atoms with Crippen LogP contribution in [-0.2, 0) is 14.3 Å². The van der Waals surface area contributed by atoms with Gasteiger partial charge in [0.2, 0.25) is 17.6 Å². The van der Waals surface area contributed by atoms with Crippen molar-refractivity contribution in [2.45, 2.75) is 32.6 Å². The average molecular weight is 539 g/mol. The number of Topliss-reactive ketones (excluding diaryl/α,β-unsaturated/α-hetero) is 1. The molecule has 7 nitrogen and oxygen atoms in total. The van der Waals surface area contributed by atoms with E-state index >= 15 is 0 Å². The van der Waals surface area contributed by atoms with Crippen LogP contribution in [0.4, 0.5) is 5.69 Å². The van der Waals surface area contributed by atoms with E-state index in [4.69, 9.17) is 9.72 Å². The normalized spacial score (nSPS) is 18.8. The summed E-state index contributed by atoms with van der Waals surface area (Å²) in [5.74, 6) is -1.51. The van der Waals surface area contributed by atoms with Gasteiger partial charge in [0.25, 0.3) is 0 Å². The Hall–Kier alpha value is -4.17. The third-order valence-electron chi connectivity index (χ3n) is 7.58. The summed E-state index contributed by atoms with van der Waals surface area (Å²) < 4.78 is 5.42. The molecule has 4 aromatic rings. The minimum atomic E-state index is -0.605. The van der Waals surface area contributed by atoms with Crippen LogP contribution < -0.4 is 4.90 Å². The number of aryl methyl sites for hydroxylation is 1. The van der Waals surface area contributed by atoms with E-state index in [9.17, 15) is 19.2 Å². The van der Waals surface area contributed by atoms with Crippen LogP contribution in [-0.4, -0.2) is 35.2 Å². The molecular weight excluding hydrogens is 512 g/mol. The van der Waals surface area contributed by atoms with Crippen molar-refractivity contribution in [3.63, 3.8) is 0 Å². The summed E-state index contributed by atoms with van der Waals surface area (Å²) >= 11 is 1.30. The minimum Gasteiger partial charge on any atom is -0.454 e. The van der Waals surface area contributed by atoms with E-state index in [0.717, 1.165) is 36.8 Å². The highest BCUT2D eigenvalue weighted by molar-refractivity contribution is 7.12.